The highest BCUT2D eigenvalue weighted by Gasteiger charge is 2.30. The van der Waals surface area contributed by atoms with Gasteiger partial charge < -0.3 is 20.1 Å². The van der Waals surface area contributed by atoms with Gasteiger partial charge in [0.2, 0.25) is 0 Å². The molecular weight excluding hydrogens is 224 g/mol. The van der Waals surface area contributed by atoms with Crippen LogP contribution in [0.5, 0.6) is 0 Å². The summed E-state index contributed by atoms with van der Waals surface area (Å²) >= 11 is 0. The topological polar surface area (TPSA) is 76.7 Å². The predicted molar refractivity (Wildman–Crippen MR) is 55.0 cm³/mol. The Bertz CT molecular complexity index is 237. The van der Waals surface area contributed by atoms with Gasteiger partial charge in [0, 0.05) is 12.6 Å². The number of ether oxygens (including phenoxy) is 2. The molecule has 0 aromatic rings. The molecule has 0 bridgehead atoms. The van der Waals surface area contributed by atoms with Gasteiger partial charge in [-0.3, -0.25) is 4.79 Å². The number of hydrogen-bond acceptors (Lipinski definition) is 5. The van der Waals surface area contributed by atoms with Crippen LogP contribution in [-0.2, 0) is 14.3 Å². The van der Waals surface area contributed by atoms with Gasteiger partial charge in [-0.25, -0.2) is 4.79 Å². The van der Waals surface area contributed by atoms with Crippen LogP contribution in [0.25, 0.3) is 0 Å². The van der Waals surface area contributed by atoms with Crippen LogP contribution in [0.2, 0.25) is 0 Å². The zero-order valence-electron chi connectivity index (χ0n) is 8.61. The summed E-state index contributed by atoms with van der Waals surface area (Å²) in [7, 11) is 2.64. The van der Waals surface area contributed by atoms with E-state index in [0.717, 1.165) is 0 Å². The summed E-state index contributed by atoms with van der Waals surface area (Å²) in [6.45, 7) is 0.550. The molecule has 1 saturated heterocycles. The second kappa shape index (κ2) is 6.47. The van der Waals surface area contributed by atoms with E-state index in [2.05, 4.69) is 20.1 Å². The van der Waals surface area contributed by atoms with E-state index in [1.807, 2.05) is 0 Å². The van der Waals surface area contributed by atoms with Gasteiger partial charge in [0.15, 0.2) is 0 Å². The van der Waals surface area contributed by atoms with E-state index in [1.165, 1.54) is 14.2 Å². The molecule has 1 rings (SSSR count). The molecule has 0 aromatic carbocycles. The first-order valence-electron chi connectivity index (χ1n) is 4.33. The molecule has 0 saturated carbocycles. The molecule has 0 radical (unpaired) electrons. The van der Waals surface area contributed by atoms with Crippen LogP contribution in [-0.4, -0.2) is 44.9 Å². The van der Waals surface area contributed by atoms with Crippen LogP contribution >= 0.6 is 12.4 Å². The van der Waals surface area contributed by atoms with Crippen LogP contribution in [0.15, 0.2) is 0 Å². The Balaban J connectivity index is 0.00000196. The van der Waals surface area contributed by atoms with Gasteiger partial charge >= 0.3 is 12.1 Å². The molecule has 2 atom stereocenters. The Morgan fingerprint density at radius 1 is 1.33 bits per heavy atom. The normalized spacial score (nSPS) is 23.9. The summed E-state index contributed by atoms with van der Waals surface area (Å²) < 4.78 is 9.01. The highest BCUT2D eigenvalue weighted by atomic mass is 35.5. The highest BCUT2D eigenvalue weighted by molar-refractivity contribution is 5.85. The van der Waals surface area contributed by atoms with E-state index in [4.69, 9.17) is 0 Å². The zero-order chi connectivity index (χ0) is 10.6. The molecule has 0 aromatic heterocycles. The van der Waals surface area contributed by atoms with Gasteiger partial charge in [-0.15, -0.1) is 12.4 Å². The van der Waals surface area contributed by atoms with Crippen LogP contribution < -0.4 is 10.6 Å². The third kappa shape index (κ3) is 3.93. The SMILES string of the molecule is COC(=O)NC1CN[C@H](C(=O)OC)C1.Cl. The van der Waals surface area contributed by atoms with Crippen molar-refractivity contribution in [2.24, 2.45) is 0 Å². The van der Waals surface area contributed by atoms with E-state index in [9.17, 15) is 9.59 Å². The van der Waals surface area contributed by atoms with E-state index < -0.39 is 6.09 Å². The third-order valence-electron chi connectivity index (χ3n) is 2.12. The zero-order valence-corrected chi connectivity index (χ0v) is 9.43. The van der Waals surface area contributed by atoms with E-state index in [0.29, 0.717) is 13.0 Å². The fourth-order valence-corrected chi connectivity index (χ4v) is 1.39. The lowest BCUT2D eigenvalue weighted by Gasteiger charge is -2.09. The van der Waals surface area contributed by atoms with Crippen LogP contribution in [0.4, 0.5) is 4.79 Å². The average Bonchev–Trinajstić information content (AvgIpc) is 2.65. The average molecular weight is 239 g/mol. The number of amides is 1. The van der Waals surface area contributed by atoms with Gasteiger partial charge in [-0.05, 0) is 6.42 Å². The maximum absolute atomic E-state index is 11.1. The first-order valence-corrected chi connectivity index (χ1v) is 4.33. The second-order valence-electron chi connectivity index (χ2n) is 3.05. The van der Waals surface area contributed by atoms with Crippen molar-refractivity contribution in [1.29, 1.82) is 0 Å². The maximum atomic E-state index is 11.1. The second-order valence-corrected chi connectivity index (χ2v) is 3.05. The minimum absolute atomic E-state index is 0. The molecule has 7 heteroatoms. The van der Waals surface area contributed by atoms with Crippen molar-refractivity contribution in [2.75, 3.05) is 20.8 Å². The molecule has 0 aliphatic carbocycles. The monoisotopic (exact) mass is 238 g/mol. The highest BCUT2D eigenvalue weighted by Crippen LogP contribution is 2.07. The number of alkyl carbamates (subject to hydrolysis) is 1. The molecular formula is C8H15ClN2O4. The maximum Gasteiger partial charge on any atom is 0.407 e. The van der Waals surface area contributed by atoms with Crippen molar-refractivity contribution in [3.05, 3.63) is 0 Å². The fraction of sp³-hybridized carbons (Fsp3) is 0.750. The molecule has 1 heterocycles. The molecule has 1 aliphatic heterocycles. The molecule has 88 valence electrons. The number of carbonyl (C=O) groups excluding carboxylic acids is 2. The Labute approximate surface area is 94.1 Å². The summed E-state index contributed by atoms with van der Waals surface area (Å²) in [5.41, 5.74) is 0. The molecule has 1 unspecified atom stereocenters. The van der Waals surface area contributed by atoms with Crippen molar-refractivity contribution < 1.29 is 19.1 Å². The number of hydrogen-bond donors (Lipinski definition) is 2. The quantitative estimate of drug-likeness (QED) is 0.644. The fourth-order valence-electron chi connectivity index (χ4n) is 1.39. The Morgan fingerprint density at radius 2 is 2.00 bits per heavy atom. The van der Waals surface area contributed by atoms with Crippen molar-refractivity contribution in [2.45, 2.75) is 18.5 Å². The smallest absolute Gasteiger partial charge is 0.407 e. The first kappa shape index (κ1) is 14.0. The van der Waals surface area contributed by atoms with Crippen molar-refractivity contribution in [3.8, 4) is 0 Å². The van der Waals surface area contributed by atoms with Gasteiger partial charge in [-0.2, -0.15) is 0 Å². The van der Waals surface area contributed by atoms with Gasteiger partial charge in [-0.1, -0.05) is 0 Å². The summed E-state index contributed by atoms with van der Waals surface area (Å²) in [6.07, 6.45) is 0.0456. The lowest BCUT2D eigenvalue weighted by Crippen LogP contribution is -2.35. The Kier molecular flexibility index (Phi) is 6.03. The number of esters is 1. The summed E-state index contributed by atoms with van der Waals surface area (Å²) in [6, 6.07) is -0.409. The van der Waals surface area contributed by atoms with E-state index in [1.54, 1.807) is 0 Å². The van der Waals surface area contributed by atoms with Crippen molar-refractivity contribution >= 4 is 24.5 Å². The third-order valence-corrected chi connectivity index (χ3v) is 2.12. The van der Waals surface area contributed by atoms with Gasteiger partial charge in [0.25, 0.3) is 0 Å². The van der Waals surface area contributed by atoms with Crippen LogP contribution in [0.3, 0.4) is 0 Å². The number of nitrogens with one attached hydrogen (secondary N) is 2. The number of carbonyl (C=O) groups is 2. The van der Waals surface area contributed by atoms with Gasteiger partial charge in [0.1, 0.15) is 6.04 Å². The number of methoxy groups -OCH3 is 2. The van der Waals surface area contributed by atoms with Crippen molar-refractivity contribution in [1.82, 2.24) is 10.6 Å². The number of rotatable bonds is 2. The van der Waals surface area contributed by atoms with Crippen LogP contribution in [0.1, 0.15) is 6.42 Å². The summed E-state index contributed by atoms with van der Waals surface area (Å²) in [5.74, 6) is -0.306. The van der Waals surface area contributed by atoms with Crippen LogP contribution in [0, 0.1) is 0 Å². The standard InChI is InChI=1S/C8H14N2O4.ClH/c1-13-7(11)6-3-5(4-9-6)10-8(12)14-2;/h5-6,9H,3-4H2,1-2H3,(H,10,12);1H/t5?,6-;/m0./s1. The molecule has 1 aliphatic rings. The van der Waals surface area contributed by atoms with E-state index in [-0.39, 0.29) is 30.5 Å². The number of halogens is 1. The summed E-state index contributed by atoms with van der Waals surface area (Å²) in [5, 5.41) is 5.55. The predicted octanol–water partition coefficient (Wildman–Crippen LogP) is -0.332. The Morgan fingerprint density at radius 3 is 2.53 bits per heavy atom. The molecule has 1 amide bonds. The van der Waals surface area contributed by atoms with Crippen molar-refractivity contribution in [3.63, 3.8) is 0 Å². The lowest BCUT2D eigenvalue weighted by molar-refractivity contribution is -0.142. The molecule has 15 heavy (non-hydrogen) atoms. The Hall–Kier alpha value is -1.01. The lowest BCUT2D eigenvalue weighted by atomic mass is 10.2. The minimum atomic E-state index is -0.484. The molecule has 2 N–H and O–H groups in total. The molecule has 1 fully saturated rings. The van der Waals surface area contributed by atoms with Gasteiger partial charge in [0.05, 0.1) is 14.2 Å². The molecule has 6 nitrogen and oxygen atoms in total. The largest absolute Gasteiger partial charge is 0.468 e. The first-order chi connectivity index (χ1) is 6.67. The summed E-state index contributed by atoms with van der Waals surface area (Å²) in [4.78, 5) is 21.9. The molecule has 0 spiro atoms. The minimum Gasteiger partial charge on any atom is -0.468 e. The van der Waals surface area contributed by atoms with E-state index >= 15 is 0 Å².